The Morgan fingerprint density at radius 2 is 1.79 bits per heavy atom. The van der Waals surface area contributed by atoms with Gasteiger partial charge in [0, 0.05) is 50.7 Å². The zero-order valence-corrected chi connectivity index (χ0v) is 16.4. The fraction of sp³-hybridized carbons (Fsp3) is 0.571. The lowest BCUT2D eigenvalue weighted by molar-refractivity contribution is 0.198. The second-order valence-electron chi connectivity index (χ2n) is 7.72. The lowest BCUT2D eigenvalue weighted by Gasteiger charge is -2.27. The number of rotatable bonds is 5. The smallest absolute Gasteiger partial charge is 0.224 e. The summed E-state index contributed by atoms with van der Waals surface area (Å²) < 4.78 is 0. The van der Waals surface area contributed by atoms with E-state index in [1.165, 1.54) is 37.7 Å². The molecule has 2 aromatic heterocycles. The second kappa shape index (κ2) is 9.19. The van der Waals surface area contributed by atoms with Gasteiger partial charge in [-0.1, -0.05) is 25.3 Å². The van der Waals surface area contributed by atoms with Crippen molar-refractivity contribution < 1.29 is 5.11 Å². The number of nitrogens with zero attached hydrogens (tertiary/aromatic N) is 5. The van der Waals surface area contributed by atoms with Crippen LogP contribution in [0, 0.1) is 0 Å². The first kappa shape index (κ1) is 18.9. The van der Waals surface area contributed by atoms with Crippen LogP contribution in [0.4, 0.5) is 17.6 Å². The van der Waals surface area contributed by atoms with Crippen LogP contribution >= 0.6 is 0 Å². The summed E-state index contributed by atoms with van der Waals surface area (Å²) in [6, 6.07) is 6.03. The van der Waals surface area contributed by atoms with Crippen LogP contribution in [0.3, 0.4) is 0 Å². The van der Waals surface area contributed by atoms with Crippen molar-refractivity contribution in [3.63, 3.8) is 0 Å². The Morgan fingerprint density at radius 1 is 0.964 bits per heavy atom. The number of β-amino-alcohol motifs (C(OH)–C–C–N with tert-alkyl or cyclic N) is 1. The SMILES string of the molecule is O[C@@H]1CCN(c2ccnc(NCc3cccnc3N3CCCCCCC3)n2)C1. The quantitative estimate of drug-likeness (QED) is 0.823. The predicted molar refractivity (Wildman–Crippen MR) is 112 cm³/mol. The summed E-state index contributed by atoms with van der Waals surface area (Å²) in [5.41, 5.74) is 1.17. The van der Waals surface area contributed by atoms with Crippen molar-refractivity contribution >= 4 is 17.6 Å². The lowest BCUT2D eigenvalue weighted by atomic mass is 10.1. The van der Waals surface area contributed by atoms with Gasteiger partial charge in [-0.05, 0) is 31.4 Å². The molecule has 2 aromatic rings. The minimum atomic E-state index is -0.262. The average molecular weight is 383 g/mol. The van der Waals surface area contributed by atoms with Crippen LogP contribution in [0.5, 0.6) is 0 Å². The molecule has 0 bridgehead atoms. The molecular formula is C21H30N6O. The Kier molecular flexibility index (Phi) is 6.21. The average Bonchev–Trinajstić information content (AvgIpc) is 3.13. The first-order chi connectivity index (χ1) is 13.8. The molecule has 2 fully saturated rings. The molecule has 2 aliphatic heterocycles. The summed E-state index contributed by atoms with van der Waals surface area (Å²) in [6.07, 6.45) is 10.6. The molecular weight excluding hydrogens is 352 g/mol. The van der Waals surface area contributed by atoms with E-state index in [1.807, 2.05) is 18.3 Å². The van der Waals surface area contributed by atoms with Crippen molar-refractivity contribution in [2.24, 2.45) is 0 Å². The first-order valence-electron chi connectivity index (χ1n) is 10.5. The van der Waals surface area contributed by atoms with Gasteiger partial charge in [-0.25, -0.2) is 9.97 Å². The number of hydrogen-bond donors (Lipinski definition) is 2. The van der Waals surface area contributed by atoms with Gasteiger partial charge in [0.25, 0.3) is 0 Å². The maximum absolute atomic E-state index is 9.76. The normalized spacial score (nSPS) is 20.7. The zero-order valence-electron chi connectivity index (χ0n) is 16.4. The van der Waals surface area contributed by atoms with E-state index in [0.29, 0.717) is 19.0 Å². The third-order valence-corrected chi connectivity index (χ3v) is 5.59. The van der Waals surface area contributed by atoms with Gasteiger partial charge in [0.2, 0.25) is 5.95 Å². The molecule has 2 N–H and O–H groups in total. The maximum atomic E-state index is 9.76. The molecule has 0 saturated carbocycles. The number of hydrogen-bond acceptors (Lipinski definition) is 7. The van der Waals surface area contributed by atoms with Gasteiger partial charge in [0.1, 0.15) is 11.6 Å². The van der Waals surface area contributed by atoms with E-state index in [-0.39, 0.29) is 6.10 Å². The summed E-state index contributed by atoms with van der Waals surface area (Å²) >= 11 is 0. The Balaban J connectivity index is 1.44. The Bertz CT molecular complexity index is 762. The summed E-state index contributed by atoms with van der Waals surface area (Å²) in [7, 11) is 0. The van der Waals surface area contributed by atoms with E-state index in [4.69, 9.17) is 0 Å². The monoisotopic (exact) mass is 382 g/mol. The van der Waals surface area contributed by atoms with Crippen molar-refractivity contribution in [2.45, 2.75) is 51.2 Å². The molecule has 150 valence electrons. The van der Waals surface area contributed by atoms with E-state index < -0.39 is 0 Å². The third-order valence-electron chi connectivity index (χ3n) is 5.59. The molecule has 7 nitrogen and oxygen atoms in total. The number of aromatic nitrogens is 3. The summed E-state index contributed by atoms with van der Waals surface area (Å²) in [6.45, 7) is 4.27. The van der Waals surface area contributed by atoms with Crippen LogP contribution in [0.2, 0.25) is 0 Å². The molecule has 1 atom stereocenters. The highest BCUT2D eigenvalue weighted by atomic mass is 16.3. The van der Waals surface area contributed by atoms with E-state index in [9.17, 15) is 5.11 Å². The number of aliphatic hydroxyl groups is 1. The van der Waals surface area contributed by atoms with Crippen molar-refractivity contribution in [2.75, 3.05) is 41.3 Å². The molecule has 0 amide bonds. The molecule has 0 spiro atoms. The van der Waals surface area contributed by atoms with Gasteiger partial charge in [0.15, 0.2) is 0 Å². The summed E-state index contributed by atoms with van der Waals surface area (Å²) in [5.74, 6) is 2.56. The van der Waals surface area contributed by atoms with Gasteiger partial charge in [-0.3, -0.25) is 0 Å². The van der Waals surface area contributed by atoms with Crippen LogP contribution in [0.1, 0.15) is 44.1 Å². The van der Waals surface area contributed by atoms with Gasteiger partial charge < -0.3 is 20.2 Å². The van der Waals surface area contributed by atoms with Gasteiger partial charge in [-0.2, -0.15) is 4.98 Å². The zero-order chi connectivity index (χ0) is 19.2. The third kappa shape index (κ3) is 4.70. The molecule has 7 heteroatoms. The molecule has 4 heterocycles. The van der Waals surface area contributed by atoms with E-state index in [2.05, 4.69) is 36.1 Å². The second-order valence-corrected chi connectivity index (χ2v) is 7.72. The number of aliphatic hydroxyl groups excluding tert-OH is 1. The minimum Gasteiger partial charge on any atom is -0.391 e. The summed E-state index contributed by atoms with van der Waals surface area (Å²) in [4.78, 5) is 18.2. The molecule has 0 radical (unpaired) electrons. The highest BCUT2D eigenvalue weighted by Crippen LogP contribution is 2.23. The Morgan fingerprint density at radius 3 is 2.57 bits per heavy atom. The van der Waals surface area contributed by atoms with Crippen LogP contribution in [-0.4, -0.2) is 52.3 Å². The highest BCUT2D eigenvalue weighted by Gasteiger charge is 2.21. The fourth-order valence-corrected chi connectivity index (χ4v) is 4.05. The maximum Gasteiger partial charge on any atom is 0.224 e. The van der Waals surface area contributed by atoms with Crippen molar-refractivity contribution in [3.05, 3.63) is 36.2 Å². The van der Waals surface area contributed by atoms with Crippen molar-refractivity contribution in [1.29, 1.82) is 0 Å². The van der Waals surface area contributed by atoms with Crippen LogP contribution < -0.4 is 15.1 Å². The number of pyridine rings is 1. The number of nitrogens with one attached hydrogen (secondary N) is 1. The molecule has 0 unspecified atom stereocenters. The van der Waals surface area contributed by atoms with E-state index in [0.717, 1.165) is 37.7 Å². The molecule has 4 rings (SSSR count). The first-order valence-corrected chi connectivity index (χ1v) is 10.5. The molecule has 2 saturated heterocycles. The molecule has 0 aromatic carbocycles. The molecule has 28 heavy (non-hydrogen) atoms. The molecule has 0 aliphatic carbocycles. The highest BCUT2D eigenvalue weighted by molar-refractivity contribution is 5.49. The topological polar surface area (TPSA) is 77.4 Å². The summed E-state index contributed by atoms with van der Waals surface area (Å²) in [5, 5.41) is 13.1. The predicted octanol–water partition coefficient (Wildman–Crippen LogP) is 2.83. The fourth-order valence-electron chi connectivity index (χ4n) is 4.05. The Labute approximate surface area is 166 Å². The van der Waals surface area contributed by atoms with Gasteiger partial charge in [0.05, 0.1) is 6.10 Å². The van der Waals surface area contributed by atoms with Crippen molar-refractivity contribution in [1.82, 2.24) is 15.0 Å². The molecule has 2 aliphatic rings. The van der Waals surface area contributed by atoms with Crippen molar-refractivity contribution in [3.8, 4) is 0 Å². The van der Waals surface area contributed by atoms with Crippen LogP contribution in [0.25, 0.3) is 0 Å². The van der Waals surface area contributed by atoms with Gasteiger partial charge >= 0.3 is 0 Å². The van der Waals surface area contributed by atoms with Crippen LogP contribution in [-0.2, 0) is 6.54 Å². The number of anilines is 3. The lowest BCUT2D eigenvalue weighted by Crippen LogP contribution is -2.29. The van der Waals surface area contributed by atoms with Crippen LogP contribution in [0.15, 0.2) is 30.6 Å². The van der Waals surface area contributed by atoms with Gasteiger partial charge in [-0.15, -0.1) is 0 Å². The largest absolute Gasteiger partial charge is 0.391 e. The van der Waals surface area contributed by atoms with E-state index in [1.54, 1.807) is 6.20 Å². The standard InChI is InChI=1S/C21H30N6O/c28-18-9-14-27(16-18)19-8-11-23-21(25-19)24-15-17-7-6-10-22-20(17)26-12-4-2-1-3-5-13-26/h6-8,10-11,18,28H,1-5,9,12-16H2,(H,23,24,25)/t18-/m1/s1. The Hall–Kier alpha value is -2.41. The van der Waals surface area contributed by atoms with E-state index >= 15 is 0 Å². The minimum absolute atomic E-state index is 0.262.